The third kappa shape index (κ3) is 4.26. The van der Waals surface area contributed by atoms with Gasteiger partial charge >= 0.3 is 0 Å². The molecule has 0 aliphatic heterocycles. The number of benzene rings is 1. The van der Waals surface area contributed by atoms with Crippen LogP contribution in [0.5, 0.6) is 5.75 Å². The lowest BCUT2D eigenvalue weighted by Crippen LogP contribution is -2.37. The van der Waals surface area contributed by atoms with Crippen molar-refractivity contribution in [3.05, 3.63) is 28.2 Å². The van der Waals surface area contributed by atoms with Gasteiger partial charge in [-0.15, -0.1) is 0 Å². The lowest BCUT2D eigenvalue weighted by atomic mass is 9.99. The van der Waals surface area contributed by atoms with Gasteiger partial charge in [-0.1, -0.05) is 19.4 Å². The predicted molar refractivity (Wildman–Crippen MR) is 78.1 cm³/mol. The fourth-order valence-electron chi connectivity index (χ4n) is 2.03. The molecular formula is C14H22BrNO2. The Balaban J connectivity index is 2.68. The maximum Gasteiger partial charge on any atom is 0.133 e. The van der Waals surface area contributed by atoms with E-state index in [1.165, 1.54) is 5.56 Å². The average molecular weight is 316 g/mol. The van der Waals surface area contributed by atoms with Gasteiger partial charge in [-0.05, 0) is 46.5 Å². The molecule has 102 valence electrons. The highest BCUT2D eigenvalue weighted by Crippen LogP contribution is 2.26. The third-order valence-electron chi connectivity index (χ3n) is 3.04. The smallest absolute Gasteiger partial charge is 0.133 e. The zero-order valence-electron chi connectivity index (χ0n) is 11.3. The van der Waals surface area contributed by atoms with Gasteiger partial charge in [0, 0.05) is 13.2 Å². The Morgan fingerprint density at radius 1 is 1.33 bits per heavy atom. The fraction of sp³-hybridized carbons (Fsp3) is 0.571. The maximum atomic E-state index is 6.20. The summed E-state index contributed by atoms with van der Waals surface area (Å²) in [7, 11) is 3.39. The molecule has 0 aliphatic carbocycles. The van der Waals surface area contributed by atoms with Crippen LogP contribution in [0.4, 0.5) is 0 Å². The minimum Gasteiger partial charge on any atom is -0.496 e. The number of nitrogens with two attached hydrogens (primary N) is 1. The second kappa shape index (κ2) is 7.77. The van der Waals surface area contributed by atoms with E-state index in [2.05, 4.69) is 28.9 Å². The summed E-state index contributed by atoms with van der Waals surface area (Å²) in [6.45, 7) is 2.14. The maximum absolute atomic E-state index is 6.20. The molecule has 0 bridgehead atoms. The molecule has 2 atom stereocenters. The van der Waals surface area contributed by atoms with Crippen molar-refractivity contribution in [1.82, 2.24) is 0 Å². The normalized spacial score (nSPS) is 14.3. The molecule has 1 aromatic carbocycles. The standard InChI is InChI=1S/C14H22BrNO2/c1-4-5-14(18-3)12(16)9-10-6-7-13(17-2)11(15)8-10/h6-8,12,14H,4-5,9,16H2,1-3H3. The van der Waals surface area contributed by atoms with Crippen molar-refractivity contribution in [2.45, 2.75) is 38.3 Å². The monoisotopic (exact) mass is 315 g/mol. The molecule has 0 saturated heterocycles. The molecule has 0 heterocycles. The summed E-state index contributed by atoms with van der Waals surface area (Å²) < 4.78 is 11.6. The Bertz CT molecular complexity index is 371. The summed E-state index contributed by atoms with van der Waals surface area (Å²) in [5.41, 5.74) is 7.38. The van der Waals surface area contributed by atoms with Crippen LogP contribution >= 0.6 is 15.9 Å². The van der Waals surface area contributed by atoms with Gasteiger partial charge in [0.05, 0.1) is 17.7 Å². The Morgan fingerprint density at radius 3 is 2.56 bits per heavy atom. The zero-order chi connectivity index (χ0) is 13.5. The van der Waals surface area contributed by atoms with Crippen molar-refractivity contribution in [3.63, 3.8) is 0 Å². The first-order chi connectivity index (χ1) is 8.62. The van der Waals surface area contributed by atoms with Crippen LogP contribution in [-0.2, 0) is 11.2 Å². The van der Waals surface area contributed by atoms with E-state index in [4.69, 9.17) is 15.2 Å². The molecule has 0 fully saturated rings. The van der Waals surface area contributed by atoms with E-state index in [1.807, 2.05) is 12.1 Å². The number of methoxy groups -OCH3 is 2. The molecule has 4 heteroatoms. The second-order valence-electron chi connectivity index (χ2n) is 4.40. The number of hydrogen-bond acceptors (Lipinski definition) is 3. The van der Waals surface area contributed by atoms with Crippen LogP contribution in [0.3, 0.4) is 0 Å². The second-order valence-corrected chi connectivity index (χ2v) is 5.25. The van der Waals surface area contributed by atoms with E-state index in [1.54, 1.807) is 14.2 Å². The van der Waals surface area contributed by atoms with Crippen molar-refractivity contribution >= 4 is 15.9 Å². The van der Waals surface area contributed by atoms with Crippen molar-refractivity contribution in [3.8, 4) is 5.75 Å². The van der Waals surface area contributed by atoms with Gasteiger partial charge in [0.2, 0.25) is 0 Å². The van der Waals surface area contributed by atoms with Gasteiger partial charge < -0.3 is 15.2 Å². The van der Waals surface area contributed by atoms with E-state index in [0.29, 0.717) is 0 Å². The summed E-state index contributed by atoms with van der Waals surface area (Å²) in [4.78, 5) is 0. The van der Waals surface area contributed by atoms with Crippen LogP contribution in [0.2, 0.25) is 0 Å². The molecule has 3 nitrogen and oxygen atoms in total. The highest BCUT2D eigenvalue weighted by atomic mass is 79.9. The Kier molecular flexibility index (Phi) is 6.68. The van der Waals surface area contributed by atoms with Gasteiger partial charge in [0.1, 0.15) is 5.75 Å². The lowest BCUT2D eigenvalue weighted by molar-refractivity contribution is 0.0726. The molecule has 0 amide bonds. The summed E-state index contributed by atoms with van der Waals surface area (Å²) in [6.07, 6.45) is 3.00. The predicted octanol–water partition coefficient (Wildman–Crippen LogP) is 3.14. The quantitative estimate of drug-likeness (QED) is 0.840. The topological polar surface area (TPSA) is 44.5 Å². The first kappa shape index (κ1) is 15.5. The molecule has 2 N–H and O–H groups in total. The van der Waals surface area contributed by atoms with Crippen molar-refractivity contribution in [1.29, 1.82) is 0 Å². The van der Waals surface area contributed by atoms with Crippen LogP contribution in [0, 0.1) is 0 Å². The van der Waals surface area contributed by atoms with Gasteiger partial charge in [-0.2, -0.15) is 0 Å². The van der Waals surface area contributed by atoms with Crippen LogP contribution in [0.25, 0.3) is 0 Å². The molecule has 1 rings (SSSR count). The van der Waals surface area contributed by atoms with E-state index in [9.17, 15) is 0 Å². The molecule has 0 radical (unpaired) electrons. The molecule has 2 unspecified atom stereocenters. The highest BCUT2D eigenvalue weighted by molar-refractivity contribution is 9.10. The third-order valence-corrected chi connectivity index (χ3v) is 3.66. The Labute approximate surface area is 118 Å². The fourth-order valence-corrected chi connectivity index (χ4v) is 2.62. The number of ether oxygens (including phenoxy) is 2. The minimum absolute atomic E-state index is 0.0234. The molecule has 0 spiro atoms. The summed E-state index contributed by atoms with van der Waals surface area (Å²) in [5, 5.41) is 0. The largest absolute Gasteiger partial charge is 0.496 e. The molecule has 0 aromatic heterocycles. The Hall–Kier alpha value is -0.580. The molecule has 1 aromatic rings. The Morgan fingerprint density at radius 2 is 2.06 bits per heavy atom. The lowest BCUT2D eigenvalue weighted by Gasteiger charge is -2.22. The van der Waals surface area contributed by atoms with Gasteiger partial charge in [-0.25, -0.2) is 0 Å². The number of halogens is 1. The minimum atomic E-state index is 0.0234. The van der Waals surface area contributed by atoms with Gasteiger partial charge in [0.15, 0.2) is 0 Å². The van der Waals surface area contributed by atoms with E-state index < -0.39 is 0 Å². The number of rotatable bonds is 7. The van der Waals surface area contributed by atoms with Crippen LogP contribution in [-0.4, -0.2) is 26.4 Å². The van der Waals surface area contributed by atoms with Gasteiger partial charge in [0.25, 0.3) is 0 Å². The summed E-state index contributed by atoms with van der Waals surface area (Å²) in [6, 6.07) is 6.07. The highest BCUT2D eigenvalue weighted by Gasteiger charge is 2.17. The average Bonchev–Trinajstić information content (AvgIpc) is 2.36. The summed E-state index contributed by atoms with van der Waals surface area (Å²) in [5.74, 6) is 0.837. The van der Waals surface area contributed by atoms with Crippen molar-refractivity contribution < 1.29 is 9.47 Å². The zero-order valence-corrected chi connectivity index (χ0v) is 12.9. The van der Waals surface area contributed by atoms with Crippen LogP contribution in [0.1, 0.15) is 25.3 Å². The SMILES string of the molecule is CCCC(OC)C(N)Cc1ccc(OC)c(Br)c1. The molecule has 18 heavy (non-hydrogen) atoms. The molecule has 0 saturated carbocycles. The number of hydrogen-bond donors (Lipinski definition) is 1. The molecular weight excluding hydrogens is 294 g/mol. The van der Waals surface area contributed by atoms with Crippen molar-refractivity contribution in [2.24, 2.45) is 5.73 Å². The van der Waals surface area contributed by atoms with Gasteiger partial charge in [-0.3, -0.25) is 0 Å². The van der Waals surface area contributed by atoms with Crippen molar-refractivity contribution in [2.75, 3.05) is 14.2 Å². The van der Waals surface area contributed by atoms with Crippen LogP contribution < -0.4 is 10.5 Å². The first-order valence-electron chi connectivity index (χ1n) is 6.23. The van der Waals surface area contributed by atoms with Crippen LogP contribution in [0.15, 0.2) is 22.7 Å². The van der Waals surface area contributed by atoms with E-state index in [0.717, 1.165) is 29.5 Å². The molecule has 0 aliphatic rings. The first-order valence-corrected chi connectivity index (χ1v) is 7.02. The summed E-state index contributed by atoms with van der Waals surface area (Å²) >= 11 is 3.49. The van der Waals surface area contributed by atoms with E-state index in [-0.39, 0.29) is 12.1 Å². The van der Waals surface area contributed by atoms with E-state index >= 15 is 0 Å².